The van der Waals surface area contributed by atoms with Gasteiger partial charge in [-0.15, -0.1) is 0 Å². The van der Waals surface area contributed by atoms with Gasteiger partial charge in [-0.1, -0.05) is 0 Å². The largest absolute Gasteiger partial charge is 0.365 e. The van der Waals surface area contributed by atoms with Crippen LogP contribution in [0, 0.1) is 0 Å². The van der Waals surface area contributed by atoms with E-state index in [1.54, 1.807) is 0 Å². The van der Waals surface area contributed by atoms with Gasteiger partial charge in [-0.25, -0.2) is 0 Å². The SMILES string of the molecule is NC(=O)C1=C[N+]=C(N)C=C1. The van der Waals surface area contributed by atoms with Crippen molar-refractivity contribution in [3.8, 4) is 0 Å². The van der Waals surface area contributed by atoms with Crippen LogP contribution >= 0.6 is 0 Å². The molecule has 4 nitrogen and oxygen atoms in total. The molecule has 0 spiro atoms. The summed E-state index contributed by atoms with van der Waals surface area (Å²) < 4.78 is 0. The van der Waals surface area contributed by atoms with E-state index in [1.165, 1.54) is 18.4 Å². The predicted octanol–water partition coefficient (Wildman–Crippen LogP) is -1.38. The molecule has 4 N–H and O–H groups in total. The van der Waals surface area contributed by atoms with E-state index in [4.69, 9.17) is 11.5 Å². The number of hydrogen-bond donors (Lipinski definition) is 2. The first kappa shape index (κ1) is 6.54. The fraction of sp³-hybridized carbons (Fsp3) is 0. The topological polar surface area (TPSA) is 83.2 Å². The molecule has 0 aromatic rings. The molecule has 1 radical (unpaired) electrons. The van der Waals surface area contributed by atoms with Crippen LogP contribution in [0.5, 0.6) is 0 Å². The molecule has 0 saturated heterocycles. The molecule has 0 aromatic heterocycles. The first-order chi connectivity index (χ1) is 4.70. The summed E-state index contributed by atoms with van der Waals surface area (Å²) in [6, 6.07) is 0. The van der Waals surface area contributed by atoms with Crippen LogP contribution in [0.15, 0.2) is 23.9 Å². The van der Waals surface area contributed by atoms with E-state index < -0.39 is 5.91 Å². The van der Waals surface area contributed by atoms with Crippen molar-refractivity contribution in [3.05, 3.63) is 23.9 Å². The second-order valence-corrected chi connectivity index (χ2v) is 1.84. The lowest BCUT2D eigenvalue weighted by molar-refractivity contribution is -0.114. The highest BCUT2D eigenvalue weighted by Gasteiger charge is 2.07. The van der Waals surface area contributed by atoms with Crippen molar-refractivity contribution in [1.29, 1.82) is 0 Å². The molecule has 1 heterocycles. The Morgan fingerprint density at radius 1 is 1.50 bits per heavy atom. The molecule has 1 aliphatic heterocycles. The van der Waals surface area contributed by atoms with Crippen molar-refractivity contribution < 1.29 is 4.79 Å². The van der Waals surface area contributed by atoms with Crippen LogP contribution in [0.2, 0.25) is 0 Å². The van der Waals surface area contributed by atoms with Crippen LogP contribution in [-0.4, -0.2) is 11.7 Å². The maximum Gasteiger partial charge on any atom is 0.314 e. The third kappa shape index (κ3) is 1.22. The van der Waals surface area contributed by atoms with Gasteiger partial charge in [-0.2, -0.15) is 0 Å². The van der Waals surface area contributed by atoms with Crippen LogP contribution in [0.3, 0.4) is 0 Å². The molecule has 1 amide bonds. The van der Waals surface area contributed by atoms with Gasteiger partial charge >= 0.3 is 5.84 Å². The summed E-state index contributed by atoms with van der Waals surface area (Å²) >= 11 is 0. The Labute approximate surface area is 57.9 Å². The number of primary amides is 1. The van der Waals surface area contributed by atoms with Crippen LogP contribution in [0.1, 0.15) is 0 Å². The van der Waals surface area contributed by atoms with Crippen molar-refractivity contribution in [2.75, 3.05) is 0 Å². The second-order valence-electron chi connectivity index (χ2n) is 1.84. The molecule has 0 atom stereocenters. The zero-order chi connectivity index (χ0) is 7.56. The molecule has 0 aliphatic carbocycles. The number of amides is 1. The van der Waals surface area contributed by atoms with Gasteiger partial charge in [0.1, 0.15) is 0 Å². The lowest BCUT2D eigenvalue weighted by Gasteiger charge is -1.92. The van der Waals surface area contributed by atoms with Gasteiger partial charge in [-0.3, -0.25) is 10.5 Å². The van der Waals surface area contributed by atoms with Crippen LogP contribution < -0.4 is 16.5 Å². The van der Waals surface area contributed by atoms with Gasteiger partial charge in [0.25, 0.3) is 5.91 Å². The average molecular weight is 137 g/mol. The lowest BCUT2D eigenvalue weighted by Crippen LogP contribution is -2.20. The molecule has 0 bridgehead atoms. The Morgan fingerprint density at radius 2 is 2.20 bits per heavy atom. The third-order valence-electron chi connectivity index (χ3n) is 1.07. The van der Waals surface area contributed by atoms with Crippen molar-refractivity contribution in [2.24, 2.45) is 11.5 Å². The minimum Gasteiger partial charge on any atom is -0.365 e. The summed E-state index contributed by atoms with van der Waals surface area (Å²) in [5.74, 6) is -0.113. The Balaban J connectivity index is 2.88. The number of nitrogens with zero attached hydrogens (tertiary/aromatic N) is 1. The maximum atomic E-state index is 10.5. The van der Waals surface area contributed by atoms with Gasteiger partial charge in [0.05, 0.1) is 5.57 Å². The highest BCUT2D eigenvalue weighted by atomic mass is 16.1. The van der Waals surface area contributed by atoms with Crippen molar-refractivity contribution in [1.82, 2.24) is 4.99 Å². The molecular formula is C6H7N3O+. The fourth-order valence-corrected chi connectivity index (χ4v) is 0.551. The van der Waals surface area contributed by atoms with E-state index in [-0.39, 0.29) is 0 Å². The number of carbonyl (C=O) groups excluding carboxylic acids is 1. The van der Waals surface area contributed by atoms with Gasteiger partial charge in [0.15, 0.2) is 6.20 Å². The quantitative estimate of drug-likeness (QED) is 0.466. The van der Waals surface area contributed by atoms with Crippen LogP contribution in [0.25, 0.3) is 0 Å². The number of aliphatic imine (C=N–C) groups is 1. The third-order valence-corrected chi connectivity index (χ3v) is 1.07. The molecule has 1 rings (SSSR count). The maximum absolute atomic E-state index is 10.5. The van der Waals surface area contributed by atoms with Crippen LogP contribution in [-0.2, 0) is 4.79 Å². The number of carbonyl (C=O) groups is 1. The summed E-state index contributed by atoms with van der Waals surface area (Å²) in [6.45, 7) is 0. The smallest absolute Gasteiger partial charge is 0.314 e. The Morgan fingerprint density at radius 3 is 2.60 bits per heavy atom. The van der Waals surface area contributed by atoms with E-state index in [0.717, 1.165) is 0 Å². The summed E-state index contributed by atoms with van der Waals surface area (Å²) in [5, 5.41) is 0. The van der Waals surface area contributed by atoms with E-state index >= 15 is 0 Å². The van der Waals surface area contributed by atoms with Gasteiger partial charge in [0.2, 0.25) is 0 Å². The number of nitrogens with two attached hydrogens (primary N) is 2. The normalized spacial score (nSPS) is 16.0. The molecule has 0 fully saturated rings. The molecule has 10 heavy (non-hydrogen) atoms. The number of rotatable bonds is 1. The van der Waals surface area contributed by atoms with Crippen LogP contribution in [0.4, 0.5) is 0 Å². The summed E-state index contributed by atoms with van der Waals surface area (Å²) in [6.07, 6.45) is 4.41. The van der Waals surface area contributed by atoms with E-state index in [1.807, 2.05) is 0 Å². The molecule has 0 aromatic carbocycles. The van der Waals surface area contributed by atoms with E-state index in [9.17, 15) is 4.79 Å². The van der Waals surface area contributed by atoms with Crippen molar-refractivity contribution in [2.45, 2.75) is 0 Å². The zero-order valence-electron chi connectivity index (χ0n) is 5.24. The fourth-order valence-electron chi connectivity index (χ4n) is 0.551. The second kappa shape index (κ2) is 2.34. The lowest BCUT2D eigenvalue weighted by atomic mass is 10.2. The summed E-state index contributed by atoms with van der Waals surface area (Å²) in [5.41, 5.74) is 10.6. The summed E-state index contributed by atoms with van der Waals surface area (Å²) in [4.78, 5) is 14.1. The number of amidine groups is 1. The van der Waals surface area contributed by atoms with E-state index in [0.29, 0.717) is 11.4 Å². The summed E-state index contributed by atoms with van der Waals surface area (Å²) in [7, 11) is 0. The molecule has 4 heteroatoms. The zero-order valence-corrected chi connectivity index (χ0v) is 5.24. The van der Waals surface area contributed by atoms with E-state index in [2.05, 4.69) is 4.99 Å². The molecule has 0 saturated carbocycles. The standard InChI is InChI=1S/C6H7N3O/c7-5-2-1-4(3-9-5)6(8)10/h1-3H,7H2,(H2,8,10)/q+1. The highest BCUT2D eigenvalue weighted by molar-refractivity contribution is 6.00. The minimum absolute atomic E-state index is 0.370. The highest BCUT2D eigenvalue weighted by Crippen LogP contribution is 1.96. The van der Waals surface area contributed by atoms with Gasteiger partial charge in [0, 0.05) is 6.08 Å². The van der Waals surface area contributed by atoms with Gasteiger partial charge in [-0.05, 0) is 11.1 Å². The van der Waals surface area contributed by atoms with Crippen molar-refractivity contribution >= 4 is 11.7 Å². The predicted molar refractivity (Wildman–Crippen MR) is 37.7 cm³/mol. The Kier molecular flexibility index (Phi) is 1.53. The first-order valence-corrected chi connectivity index (χ1v) is 2.71. The molecule has 51 valence electrons. The van der Waals surface area contributed by atoms with Crippen molar-refractivity contribution in [3.63, 3.8) is 0 Å². The Bertz CT molecular complexity index is 250. The minimum atomic E-state index is -0.493. The van der Waals surface area contributed by atoms with Gasteiger partial charge < -0.3 is 5.73 Å². The Hall–Kier alpha value is -1.58. The first-order valence-electron chi connectivity index (χ1n) is 2.71. The average Bonchev–Trinajstić information content (AvgIpc) is 1.88. The molecule has 0 unspecified atom stereocenters. The number of hydrogen-bond acceptors (Lipinski definition) is 3. The monoisotopic (exact) mass is 137 g/mol. The molecule has 1 aliphatic rings. The molecular weight excluding hydrogens is 130 g/mol.